The lowest BCUT2D eigenvalue weighted by Gasteiger charge is -2.44. The molecule has 1 saturated heterocycles. The zero-order valence-electron chi connectivity index (χ0n) is 12.6. The average molecular weight is 253 g/mol. The summed E-state index contributed by atoms with van der Waals surface area (Å²) in [6, 6.07) is 0.692. The van der Waals surface area contributed by atoms with Crippen LogP contribution >= 0.6 is 0 Å². The molecule has 6 atom stereocenters. The van der Waals surface area contributed by atoms with E-state index in [1.54, 1.807) is 0 Å². The molecule has 2 rings (SSSR count). The first-order valence-electron chi connectivity index (χ1n) is 7.91. The number of aliphatic hydroxyl groups excluding tert-OH is 1. The smallest absolute Gasteiger partial charge is 0.0585 e. The molecule has 2 aliphatic rings. The zero-order chi connectivity index (χ0) is 13.3. The highest BCUT2D eigenvalue weighted by Crippen LogP contribution is 2.35. The molecule has 2 heteroatoms. The topological polar surface area (TPSA) is 23.5 Å². The van der Waals surface area contributed by atoms with E-state index in [2.05, 4.69) is 32.6 Å². The van der Waals surface area contributed by atoms with Gasteiger partial charge in [0.25, 0.3) is 0 Å². The van der Waals surface area contributed by atoms with E-state index in [4.69, 9.17) is 0 Å². The van der Waals surface area contributed by atoms with Crippen LogP contribution in [0, 0.1) is 23.7 Å². The van der Waals surface area contributed by atoms with Crippen molar-refractivity contribution >= 4 is 0 Å². The summed E-state index contributed by atoms with van der Waals surface area (Å²) < 4.78 is 0. The Balaban J connectivity index is 1.95. The van der Waals surface area contributed by atoms with Crippen molar-refractivity contribution in [3.05, 3.63) is 0 Å². The number of nitrogens with zero attached hydrogens (tertiary/aromatic N) is 1. The predicted octanol–water partition coefficient (Wildman–Crippen LogP) is 3.15. The van der Waals surface area contributed by atoms with Crippen LogP contribution in [0.3, 0.4) is 0 Å². The molecule has 18 heavy (non-hydrogen) atoms. The van der Waals surface area contributed by atoms with Gasteiger partial charge in [0.2, 0.25) is 0 Å². The summed E-state index contributed by atoms with van der Waals surface area (Å²) in [5.74, 6) is 2.68. The summed E-state index contributed by atoms with van der Waals surface area (Å²) in [7, 11) is 0. The van der Waals surface area contributed by atoms with Gasteiger partial charge in [0.05, 0.1) is 6.10 Å². The molecule has 1 N–H and O–H groups in total. The van der Waals surface area contributed by atoms with E-state index in [1.165, 1.54) is 25.8 Å². The first-order chi connectivity index (χ1) is 8.49. The molecular weight excluding hydrogens is 222 g/mol. The van der Waals surface area contributed by atoms with Crippen molar-refractivity contribution in [1.82, 2.24) is 4.90 Å². The third-order valence-electron chi connectivity index (χ3n) is 5.59. The molecule has 0 aromatic heterocycles. The molecule has 1 aliphatic heterocycles. The van der Waals surface area contributed by atoms with Gasteiger partial charge in [0, 0.05) is 18.5 Å². The molecule has 2 fully saturated rings. The Kier molecular flexibility index (Phi) is 4.71. The Morgan fingerprint density at radius 3 is 2.44 bits per heavy atom. The third-order valence-corrected chi connectivity index (χ3v) is 5.59. The van der Waals surface area contributed by atoms with E-state index in [0.29, 0.717) is 23.8 Å². The average Bonchev–Trinajstić information content (AvgIpc) is 2.28. The summed E-state index contributed by atoms with van der Waals surface area (Å²) >= 11 is 0. The van der Waals surface area contributed by atoms with Gasteiger partial charge >= 0.3 is 0 Å². The maximum Gasteiger partial charge on any atom is 0.0585 e. The molecule has 0 aromatic rings. The van der Waals surface area contributed by atoms with Gasteiger partial charge in [-0.3, -0.25) is 0 Å². The fraction of sp³-hybridized carbons (Fsp3) is 1.00. The van der Waals surface area contributed by atoms with Crippen molar-refractivity contribution in [2.45, 2.75) is 65.5 Å². The quantitative estimate of drug-likeness (QED) is 0.817. The van der Waals surface area contributed by atoms with Crippen molar-refractivity contribution < 1.29 is 5.11 Å². The Labute approximate surface area is 113 Å². The summed E-state index contributed by atoms with van der Waals surface area (Å²) in [5, 5.41) is 10.4. The molecule has 0 amide bonds. The van der Waals surface area contributed by atoms with E-state index in [0.717, 1.165) is 18.9 Å². The fourth-order valence-corrected chi connectivity index (χ4v) is 4.12. The lowest BCUT2D eigenvalue weighted by molar-refractivity contribution is -0.0186. The summed E-state index contributed by atoms with van der Waals surface area (Å²) in [6.07, 6.45) is 4.93. The van der Waals surface area contributed by atoms with Crippen LogP contribution in [0.1, 0.15) is 53.4 Å². The molecule has 6 unspecified atom stereocenters. The molecule has 0 bridgehead atoms. The van der Waals surface area contributed by atoms with Crippen molar-refractivity contribution in [3.8, 4) is 0 Å². The van der Waals surface area contributed by atoms with E-state index in [9.17, 15) is 5.11 Å². The van der Waals surface area contributed by atoms with Crippen LogP contribution in [0.5, 0.6) is 0 Å². The first kappa shape index (κ1) is 14.3. The standard InChI is InChI=1S/C16H31NO/c1-11-8-13(3)15(16(18)9-11)10-17-7-5-6-12(2)14(17)4/h11-16,18H,5-10H2,1-4H3. The van der Waals surface area contributed by atoms with Crippen molar-refractivity contribution in [1.29, 1.82) is 0 Å². The van der Waals surface area contributed by atoms with Gasteiger partial charge in [-0.1, -0.05) is 20.8 Å². The van der Waals surface area contributed by atoms with Gasteiger partial charge < -0.3 is 10.0 Å². The number of aliphatic hydroxyl groups is 1. The molecule has 1 heterocycles. The van der Waals surface area contributed by atoms with Crippen LogP contribution in [0.15, 0.2) is 0 Å². The molecule has 1 saturated carbocycles. The number of piperidine rings is 1. The minimum Gasteiger partial charge on any atom is -0.393 e. The number of hydrogen-bond acceptors (Lipinski definition) is 2. The van der Waals surface area contributed by atoms with Crippen LogP contribution in [0.2, 0.25) is 0 Å². The zero-order valence-corrected chi connectivity index (χ0v) is 12.6. The Morgan fingerprint density at radius 1 is 1.06 bits per heavy atom. The van der Waals surface area contributed by atoms with E-state index < -0.39 is 0 Å². The Hall–Kier alpha value is -0.0800. The highest BCUT2D eigenvalue weighted by atomic mass is 16.3. The number of likely N-dealkylation sites (tertiary alicyclic amines) is 1. The van der Waals surface area contributed by atoms with Gasteiger partial charge in [0.1, 0.15) is 0 Å². The third kappa shape index (κ3) is 3.08. The normalized spacial score (nSPS) is 47.2. The molecule has 1 aliphatic carbocycles. The largest absolute Gasteiger partial charge is 0.393 e. The van der Waals surface area contributed by atoms with Crippen molar-refractivity contribution in [2.75, 3.05) is 13.1 Å². The summed E-state index contributed by atoms with van der Waals surface area (Å²) in [4.78, 5) is 2.63. The lowest BCUT2D eigenvalue weighted by Crippen LogP contribution is -2.49. The maximum atomic E-state index is 10.4. The monoisotopic (exact) mass is 253 g/mol. The molecule has 0 spiro atoms. The maximum absolute atomic E-state index is 10.4. The van der Waals surface area contributed by atoms with Crippen molar-refractivity contribution in [2.24, 2.45) is 23.7 Å². The Morgan fingerprint density at radius 2 is 1.78 bits per heavy atom. The van der Waals surface area contributed by atoms with E-state index >= 15 is 0 Å². The first-order valence-corrected chi connectivity index (χ1v) is 7.91. The van der Waals surface area contributed by atoms with E-state index in [-0.39, 0.29) is 6.10 Å². The highest BCUT2D eigenvalue weighted by molar-refractivity contribution is 4.88. The van der Waals surface area contributed by atoms with Crippen LogP contribution in [0.25, 0.3) is 0 Å². The van der Waals surface area contributed by atoms with Gasteiger partial charge in [-0.2, -0.15) is 0 Å². The van der Waals surface area contributed by atoms with Gasteiger partial charge in [-0.25, -0.2) is 0 Å². The lowest BCUT2D eigenvalue weighted by atomic mass is 9.73. The van der Waals surface area contributed by atoms with Crippen molar-refractivity contribution in [3.63, 3.8) is 0 Å². The SMILES string of the molecule is CC1CC(C)C(CN2CCCC(C)C2C)C(O)C1. The molecular formula is C16H31NO. The van der Waals surface area contributed by atoms with Crippen LogP contribution in [0.4, 0.5) is 0 Å². The van der Waals surface area contributed by atoms with Crippen LogP contribution in [-0.4, -0.2) is 35.2 Å². The Bertz CT molecular complexity index is 256. The second kappa shape index (κ2) is 5.92. The molecule has 0 radical (unpaired) electrons. The summed E-state index contributed by atoms with van der Waals surface area (Å²) in [5.41, 5.74) is 0. The second-order valence-electron chi connectivity index (χ2n) is 7.14. The van der Waals surface area contributed by atoms with Crippen LogP contribution < -0.4 is 0 Å². The van der Waals surface area contributed by atoms with E-state index in [1.807, 2.05) is 0 Å². The van der Waals surface area contributed by atoms with Gasteiger partial charge in [-0.05, 0) is 56.9 Å². The number of rotatable bonds is 2. The fourth-order valence-electron chi connectivity index (χ4n) is 4.12. The number of hydrogen-bond donors (Lipinski definition) is 1. The molecule has 2 nitrogen and oxygen atoms in total. The van der Waals surface area contributed by atoms with Gasteiger partial charge in [0.15, 0.2) is 0 Å². The molecule has 106 valence electrons. The van der Waals surface area contributed by atoms with Gasteiger partial charge in [-0.15, -0.1) is 0 Å². The predicted molar refractivity (Wildman–Crippen MR) is 76.5 cm³/mol. The minimum atomic E-state index is -0.0758. The van der Waals surface area contributed by atoms with Crippen LogP contribution in [-0.2, 0) is 0 Å². The molecule has 0 aromatic carbocycles. The summed E-state index contributed by atoms with van der Waals surface area (Å²) in [6.45, 7) is 11.7. The second-order valence-corrected chi connectivity index (χ2v) is 7.14. The highest BCUT2D eigenvalue weighted by Gasteiger charge is 2.36. The minimum absolute atomic E-state index is 0.0758.